The van der Waals surface area contributed by atoms with E-state index in [4.69, 9.17) is 28.4 Å². The van der Waals surface area contributed by atoms with Gasteiger partial charge < -0.3 is 28.4 Å². The van der Waals surface area contributed by atoms with Gasteiger partial charge >= 0.3 is 0 Å². The minimum Gasteiger partial charge on any atom is -0.365 e. The first-order chi connectivity index (χ1) is 10.2. The van der Waals surface area contributed by atoms with Gasteiger partial charge in [0.25, 0.3) is 0 Å². The van der Waals surface area contributed by atoms with Gasteiger partial charge in [-0.3, -0.25) is 0 Å². The van der Waals surface area contributed by atoms with Gasteiger partial charge in [0.1, 0.15) is 23.9 Å². The van der Waals surface area contributed by atoms with Crippen LogP contribution < -0.4 is 0 Å². The lowest BCUT2D eigenvalue weighted by molar-refractivity contribution is -0.251. The van der Waals surface area contributed by atoms with Gasteiger partial charge in [-0.1, -0.05) is 6.08 Å². The Balaban J connectivity index is 1.83. The Morgan fingerprint density at radius 1 is 1.05 bits per heavy atom. The van der Waals surface area contributed by atoms with Crippen molar-refractivity contribution in [3.05, 3.63) is 12.7 Å². The molecule has 6 heteroatoms. The number of hydrogen-bond donors (Lipinski definition) is 0. The molecule has 3 aliphatic rings. The topological polar surface area (TPSA) is 55.4 Å². The second-order valence-corrected chi connectivity index (χ2v) is 7.13. The average molecular weight is 314 g/mol. The Bertz CT molecular complexity index is 448. The van der Waals surface area contributed by atoms with Gasteiger partial charge in [0.15, 0.2) is 17.9 Å². The predicted octanol–water partition coefficient (Wildman–Crippen LogP) is 1.98. The van der Waals surface area contributed by atoms with Gasteiger partial charge in [-0.15, -0.1) is 6.58 Å². The number of ether oxygens (including phenoxy) is 6. The molecule has 3 rings (SSSR count). The van der Waals surface area contributed by atoms with E-state index in [1.54, 1.807) is 6.08 Å². The van der Waals surface area contributed by atoms with E-state index in [-0.39, 0.29) is 18.3 Å². The third-order valence-electron chi connectivity index (χ3n) is 4.35. The Labute approximate surface area is 131 Å². The molecule has 0 amide bonds. The molecule has 0 saturated carbocycles. The maximum atomic E-state index is 6.10. The molecule has 3 saturated heterocycles. The molecular weight excluding hydrogens is 288 g/mol. The predicted molar refractivity (Wildman–Crippen MR) is 78.2 cm³/mol. The maximum Gasteiger partial charge on any atom is 0.190 e. The highest BCUT2D eigenvalue weighted by Crippen LogP contribution is 2.47. The lowest BCUT2D eigenvalue weighted by Gasteiger charge is -2.36. The van der Waals surface area contributed by atoms with Crippen LogP contribution in [0.25, 0.3) is 0 Å². The molecular formula is C16H26O6. The summed E-state index contributed by atoms with van der Waals surface area (Å²) in [5.41, 5.74) is -0.693. The Kier molecular flexibility index (Phi) is 3.91. The zero-order valence-corrected chi connectivity index (χ0v) is 14.0. The van der Waals surface area contributed by atoms with Crippen molar-refractivity contribution < 1.29 is 28.4 Å². The van der Waals surface area contributed by atoms with Crippen molar-refractivity contribution in [3.63, 3.8) is 0 Å². The monoisotopic (exact) mass is 314 g/mol. The molecule has 3 aliphatic heterocycles. The molecule has 3 heterocycles. The van der Waals surface area contributed by atoms with Gasteiger partial charge in [-0.2, -0.15) is 0 Å². The van der Waals surface area contributed by atoms with E-state index in [9.17, 15) is 0 Å². The number of rotatable bonds is 4. The van der Waals surface area contributed by atoms with E-state index < -0.39 is 23.5 Å². The molecule has 126 valence electrons. The van der Waals surface area contributed by atoms with E-state index >= 15 is 0 Å². The van der Waals surface area contributed by atoms with Crippen LogP contribution in [0.1, 0.15) is 34.6 Å². The second kappa shape index (κ2) is 5.26. The Hall–Kier alpha value is -0.500. The molecule has 0 aromatic heterocycles. The van der Waals surface area contributed by atoms with E-state index in [1.165, 1.54) is 0 Å². The Morgan fingerprint density at radius 3 is 2.36 bits per heavy atom. The summed E-state index contributed by atoms with van der Waals surface area (Å²) in [6.07, 6.45) is 0.361. The van der Waals surface area contributed by atoms with Crippen LogP contribution >= 0.6 is 0 Å². The third kappa shape index (κ3) is 2.72. The minimum atomic E-state index is -0.693. The van der Waals surface area contributed by atoms with Crippen LogP contribution in [-0.4, -0.2) is 55.0 Å². The largest absolute Gasteiger partial charge is 0.365 e. The number of hydrogen-bond acceptors (Lipinski definition) is 6. The lowest BCUT2D eigenvalue weighted by atomic mass is 9.91. The van der Waals surface area contributed by atoms with Gasteiger partial charge in [0.05, 0.1) is 13.2 Å². The molecule has 0 bridgehead atoms. The zero-order valence-electron chi connectivity index (χ0n) is 14.0. The van der Waals surface area contributed by atoms with Crippen LogP contribution in [0.3, 0.4) is 0 Å². The SMILES string of the molecule is C=CCO[C@]1(C)[C@@H]([C@H]2COC(C)(C)O2)O[C@@H]2OC(C)(C)O[C@@H]21. The van der Waals surface area contributed by atoms with Crippen LogP contribution in [0, 0.1) is 0 Å². The minimum absolute atomic E-state index is 0.231. The van der Waals surface area contributed by atoms with E-state index in [1.807, 2.05) is 34.6 Å². The molecule has 0 radical (unpaired) electrons. The van der Waals surface area contributed by atoms with Crippen LogP contribution in [0.2, 0.25) is 0 Å². The molecule has 6 nitrogen and oxygen atoms in total. The third-order valence-corrected chi connectivity index (χ3v) is 4.35. The zero-order chi connectivity index (χ0) is 16.2. The molecule has 0 unspecified atom stereocenters. The summed E-state index contributed by atoms with van der Waals surface area (Å²) in [5, 5.41) is 0. The maximum absolute atomic E-state index is 6.10. The van der Waals surface area contributed by atoms with Crippen molar-refractivity contribution in [1.82, 2.24) is 0 Å². The van der Waals surface area contributed by atoms with Gasteiger partial charge in [0, 0.05) is 0 Å². The second-order valence-electron chi connectivity index (χ2n) is 7.13. The van der Waals surface area contributed by atoms with Crippen molar-refractivity contribution >= 4 is 0 Å². The van der Waals surface area contributed by atoms with Crippen molar-refractivity contribution in [2.75, 3.05) is 13.2 Å². The normalized spacial score (nSPS) is 45.9. The Morgan fingerprint density at radius 2 is 1.77 bits per heavy atom. The first kappa shape index (κ1) is 16.4. The first-order valence-electron chi connectivity index (χ1n) is 7.75. The lowest BCUT2D eigenvalue weighted by Crippen LogP contribution is -2.53. The van der Waals surface area contributed by atoms with Crippen molar-refractivity contribution in [1.29, 1.82) is 0 Å². The molecule has 22 heavy (non-hydrogen) atoms. The van der Waals surface area contributed by atoms with Crippen LogP contribution in [0.4, 0.5) is 0 Å². The fourth-order valence-electron chi connectivity index (χ4n) is 3.38. The first-order valence-corrected chi connectivity index (χ1v) is 7.75. The van der Waals surface area contributed by atoms with Gasteiger partial charge in [0.2, 0.25) is 0 Å². The standard InChI is InChI=1S/C16H26O6/c1-7-8-17-16(6)11(10-9-18-14(2,3)20-10)19-13-12(16)21-15(4,5)22-13/h7,10-13H,1,8-9H2,2-6H3/t10-,11-,12+,13-,16-/m1/s1. The van der Waals surface area contributed by atoms with E-state index in [0.717, 1.165) is 0 Å². The van der Waals surface area contributed by atoms with E-state index in [0.29, 0.717) is 13.2 Å². The number of fused-ring (bicyclic) bond motifs is 1. The van der Waals surface area contributed by atoms with Crippen LogP contribution in [0.15, 0.2) is 12.7 Å². The highest BCUT2D eigenvalue weighted by atomic mass is 16.9. The highest BCUT2D eigenvalue weighted by molar-refractivity contribution is 5.07. The summed E-state index contributed by atoms with van der Waals surface area (Å²) in [5.74, 6) is -1.31. The van der Waals surface area contributed by atoms with Crippen molar-refractivity contribution in [2.45, 2.75) is 76.4 Å². The summed E-state index contributed by atoms with van der Waals surface area (Å²) >= 11 is 0. The van der Waals surface area contributed by atoms with E-state index in [2.05, 4.69) is 6.58 Å². The highest BCUT2D eigenvalue weighted by Gasteiger charge is 2.65. The van der Waals surface area contributed by atoms with Crippen molar-refractivity contribution in [3.8, 4) is 0 Å². The molecule has 3 fully saturated rings. The fourth-order valence-corrected chi connectivity index (χ4v) is 3.38. The van der Waals surface area contributed by atoms with Gasteiger partial charge in [-0.25, -0.2) is 0 Å². The molecule has 0 spiro atoms. The summed E-state index contributed by atoms with van der Waals surface area (Å²) in [4.78, 5) is 0. The molecule has 5 atom stereocenters. The summed E-state index contributed by atoms with van der Waals surface area (Å²) in [7, 11) is 0. The molecule has 0 aromatic rings. The quantitative estimate of drug-likeness (QED) is 0.740. The smallest absolute Gasteiger partial charge is 0.190 e. The fraction of sp³-hybridized carbons (Fsp3) is 0.875. The van der Waals surface area contributed by atoms with Gasteiger partial charge in [-0.05, 0) is 34.6 Å². The summed E-state index contributed by atoms with van der Waals surface area (Å²) in [6.45, 7) is 14.1. The average Bonchev–Trinajstić information content (AvgIpc) is 2.99. The molecule has 0 aromatic carbocycles. The molecule has 0 aliphatic carbocycles. The van der Waals surface area contributed by atoms with Crippen LogP contribution in [-0.2, 0) is 28.4 Å². The summed E-state index contributed by atoms with van der Waals surface area (Å²) in [6, 6.07) is 0. The summed E-state index contributed by atoms with van der Waals surface area (Å²) < 4.78 is 35.7. The molecule has 0 N–H and O–H groups in total. The van der Waals surface area contributed by atoms with Crippen LogP contribution in [0.5, 0.6) is 0 Å². The van der Waals surface area contributed by atoms with Crippen molar-refractivity contribution in [2.24, 2.45) is 0 Å².